The Morgan fingerprint density at radius 2 is 2.22 bits per heavy atom. The molecule has 1 aromatic heterocycles. The minimum Gasteiger partial charge on any atom is -0.309 e. The van der Waals surface area contributed by atoms with E-state index in [-0.39, 0.29) is 17.4 Å². The molecule has 6 heteroatoms. The molecule has 1 aromatic rings. The van der Waals surface area contributed by atoms with Crippen LogP contribution in [0.2, 0.25) is 0 Å². The van der Waals surface area contributed by atoms with Gasteiger partial charge in [-0.2, -0.15) is 4.37 Å². The molecular weight excluding hydrogens is 248 g/mol. The summed E-state index contributed by atoms with van der Waals surface area (Å²) in [5, 5.41) is 3.98. The summed E-state index contributed by atoms with van der Waals surface area (Å²) in [7, 11) is 1.83. The summed E-state index contributed by atoms with van der Waals surface area (Å²) >= 11 is 1.34. The summed E-state index contributed by atoms with van der Waals surface area (Å²) in [6.45, 7) is 6.96. The van der Waals surface area contributed by atoms with E-state index in [1.54, 1.807) is 4.90 Å². The van der Waals surface area contributed by atoms with Crippen molar-refractivity contribution >= 4 is 23.4 Å². The summed E-state index contributed by atoms with van der Waals surface area (Å²) in [5.41, 5.74) is 0.0977. The second-order valence-corrected chi connectivity index (χ2v) is 6.54. The van der Waals surface area contributed by atoms with Crippen LogP contribution in [0.3, 0.4) is 0 Å². The van der Waals surface area contributed by atoms with E-state index in [4.69, 9.17) is 0 Å². The van der Waals surface area contributed by atoms with Crippen molar-refractivity contribution in [1.82, 2.24) is 14.7 Å². The molecule has 1 atom stereocenters. The number of aromatic nitrogens is 2. The number of hydrogen-bond donors (Lipinski definition) is 1. The molecule has 0 bridgehead atoms. The fourth-order valence-electron chi connectivity index (χ4n) is 2.27. The number of nitrogens with one attached hydrogen (secondary N) is 1. The van der Waals surface area contributed by atoms with Crippen LogP contribution >= 0.6 is 11.5 Å². The number of nitrogens with zero attached hydrogens (tertiary/aromatic N) is 3. The molecule has 1 N–H and O–H groups in total. The van der Waals surface area contributed by atoms with E-state index in [1.165, 1.54) is 11.5 Å². The van der Waals surface area contributed by atoms with Crippen LogP contribution in [0.15, 0.2) is 0 Å². The van der Waals surface area contributed by atoms with E-state index in [2.05, 4.69) is 28.5 Å². The van der Waals surface area contributed by atoms with Gasteiger partial charge in [-0.3, -0.25) is 9.69 Å². The van der Waals surface area contributed by atoms with E-state index >= 15 is 0 Å². The average Bonchev–Trinajstić information content (AvgIpc) is 2.68. The van der Waals surface area contributed by atoms with Crippen LogP contribution in [-0.2, 0) is 4.79 Å². The Morgan fingerprint density at radius 3 is 2.78 bits per heavy atom. The fourth-order valence-corrected chi connectivity index (χ4v) is 2.74. The summed E-state index contributed by atoms with van der Waals surface area (Å²) < 4.78 is 4.27. The van der Waals surface area contributed by atoms with E-state index in [1.807, 2.05) is 14.0 Å². The fraction of sp³-hybridized carbons (Fsp3) is 0.750. The van der Waals surface area contributed by atoms with Crippen molar-refractivity contribution in [1.29, 1.82) is 0 Å². The second kappa shape index (κ2) is 4.93. The maximum atomic E-state index is 12.5. The maximum Gasteiger partial charge on any atom is 0.246 e. The molecule has 18 heavy (non-hydrogen) atoms. The molecule has 0 aromatic carbocycles. The number of likely N-dealkylation sites (N-methyl/N-ethyl adjacent to an activating group) is 1. The number of anilines is 1. The molecule has 2 heterocycles. The number of carbonyl (C=O) groups is 1. The second-order valence-electron chi connectivity index (χ2n) is 5.58. The monoisotopic (exact) mass is 268 g/mol. The first kappa shape index (κ1) is 13.4. The molecule has 100 valence electrons. The summed E-state index contributed by atoms with van der Waals surface area (Å²) in [6, 6.07) is -0.129. The van der Waals surface area contributed by atoms with Crippen molar-refractivity contribution in [2.75, 3.05) is 18.5 Å². The first-order chi connectivity index (χ1) is 8.43. The van der Waals surface area contributed by atoms with Gasteiger partial charge in [-0.15, -0.1) is 0 Å². The Labute approximate surface area is 112 Å². The van der Waals surface area contributed by atoms with E-state index < -0.39 is 0 Å². The van der Waals surface area contributed by atoms with Gasteiger partial charge in [0.15, 0.2) is 0 Å². The highest BCUT2D eigenvalue weighted by atomic mass is 32.1. The molecule has 1 unspecified atom stereocenters. The molecule has 0 aliphatic carbocycles. The van der Waals surface area contributed by atoms with Crippen LogP contribution in [0.4, 0.5) is 5.95 Å². The van der Waals surface area contributed by atoms with Crippen LogP contribution in [0.1, 0.15) is 31.7 Å². The normalized spacial score (nSPS) is 24.1. The van der Waals surface area contributed by atoms with Crippen molar-refractivity contribution in [3.05, 3.63) is 5.01 Å². The van der Waals surface area contributed by atoms with Crippen molar-refractivity contribution in [2.24, 2.45) is 5.41 Å². The lowest BCUT2D eigenvalue weighted by Crippen LogP contribution is -2.45. The van der Waals surface area contributed by atoms with Gasteiger partial charge in [0.1, 0.15) is 5.01 Å². The van der Waals surface area contributed by atoms with Gasteiger partial charge in [0, 0.05) is 6.54 Å². The van der Waals surface area contributed by atoms with E-state index in [0.29, 0.717) is 12.5 Å². The quantitative estimate of drug-likeness (QED) is 0.885. The predicted octanol–water partition coefficient (Wildman–Crippen LogP) is 1.59. The van der Waals surface area contributed by atoms with Crippen LogP contribution in [0.25, 0.3) is 0 Å². The first-order valence-electron chi connectivity index (χ1n) is 6.22. The smallest absolute Gasteiger partial charge is 0.246 e. The lowest BCUT2D eigenvalue weighted by molar-refractivity contribution is -0.120. The maximum absolute atomic E-state index is 12.5. The predicted molar refractivity (Wildman–Crippen MR) is 72.9 cm³/mol. The molecule has 1 aliphatic heterocycles. The summed E-state index contributed by atoms with van der Waals surface area (Å²) in [6.07, 6.45) is 1.88. The molecule has 1 saturated heterocycles. The van der Waals surface area contributed by atoms with Gasteiger partial charge in [0.05, 0.1) is 6.04 Å². The number of aryl methyl sites for hydroxylation is 1. The zero-order chi connectivity index (χ0) is 13.3. The third kappa shape index (κ3) is 2.70. The number of carbonyl (C=O) groups excluding carboxylic acids is 1. The SMILES string of the molecule is CNC1CCC(C)(C)CN(c2nsc(C)n2)C1=O. The van der Waals surface area contributed by atoms with Crippen molar-refractivity contribution in [3.63, 3.8) is 0 Å². The zero-order valence-electron chi connectivity index (χ0n) is 11.4. The average molecular weight is 268 g/mol. The minimum absolute atomic E-state index is 0.0841. The number of rotatable bonds is 2. The topological polar surface area (TPSA) is 58.1 Å². The Kier molecular flexibility index (Phi) is 3.68. The lowest BCUT2D eigenvalue weighted by Gasteiger charge is -2.27. The lowest BCUT2D eigenvalue weighted by atomic mass is 9.87. The van der Waals surface area contributed by atoms with E-state index in [0.717, 1.165) is 17.8 Å². The van der Waals surface area contributed by atoms with Gasteiger partial charge in [-0.05, 0) is 43.8 Å². The van der Waals surface area contributed by atoms with Crippen LogP contribution < -0.4 is 10.2 Å². The molecule has 5 nitrogen and oxygen atoms in total. The highest BCUT2D eigenvalue weighted by Gasteiger charge is 2.36. The highest BCUT2D eigenvalue weighted by Crippen LogP contribution is 2.30. The van der Waals surface area contributed by atoms with Gasteiger partial charge >= 0.3 is 0 Å². The third-order valence-corrected chi connectivity index (χ3v) is 3.98. The van der Waals surface area contributed by atoms with Gasteiger partial charge in [0.2, 0.25) is 11.9 Å². The molecule has 1 amide bonds. The number of hydrogen-bond acceptors (Lipinski definition) is 5. The van der Waals surface area contributed by atoms with Crippen molar-refractivity contribution in [2.45, 2.75) is 39.7 Å². The highest BCUT2D eigenvalue weighted by molar-refractivity contribution is 7.05. The minimum atomic E-state index is -0.129. The summed E-state index contributed by atoms with van der Waals surface area (Å²) in [4.78, 5) is 18.5. The van der Waals surface area contributed by atoms with Crippen molar-refractivity contribution in [3.8, 4) is 0 Å². The standard InChI is InChI=1S/C12H20N4OS/c1-8-14-11(15-18-8)16-7-12(2,3)6-5-9(13-4)10(16)17/h9,13H,5-7H2,1-4H3. The Morgan fingerprint density at radius 1 is 1.50 bits per heavy atom. The Hall–Kier alpha value is -1.01. The molecule has 2 rings (SSSR count). The number of amides is 1. The third-order valence-electron chi connectivity index (χ3n) is 3.37. The van der Waals surface area contributed by atoms with Crippen LogP contribution in [-0.4, -0.2) is 34.9 Å². The van der Waals surface area contributed by atoms with Gasteiger partial charge in [0.25, 0.3) is 0 Å². The van der Waals surface area contributed by atoms with Crippen LogP contribution in [0.5, 0.6) is 0 Å². The van der Waals surface area contributed by atoms with Crippen LogP contribution in [0, 0.1) is 12.3 Å². The van der Waals surface area contributed by atoms with Gasteiger partial charge < -0.3 is 5.32 Å². The van der Waals surface area contributed by atoms with Crippen molar-refractivity contribution < 1.29 is 4.79 Å². The summed E-state index contributed by atoms with van der Waals surface area (Å²) in [5.74, 6) is 0.638. The first-order valence-corrected chi connectivity index (χ1v) is 6.99. The van der Waals surface area contributed by atoms with E-state index in [9.17, 15) is 4.79 Å². The largest absolute Gasteiger partial charge is 0.309 e. The molecule has 0 radical (unpaired) electrons. The van der Waals surface area contributed by atoms with Gasteiger partial charge in [-0.25, -0.2) is 4.98 Å². The molecule has 0 saturated carbocycles. The molecule has 0 spiro atoms. The zero-order valence-corrected chi connectivity index (χ0v) is 12.2. The molecule has 1 aliphatic rings. The Bertz CT molecular complexity index is 443. The van der Waals surface area contributed by atoms with Gasteiger partial charge in [-0.1, -0.05) is 13.8 Å². The molecular formula is C12H20N4OS. The Balaban J connectivity index is 2.32. The molecule has 1 fully saturated rings.